The number of benzene rings is 1. The van der Waals surface area contributed by atoms with Crippen LogP contribution >= 0.6 is 0 Å². The van der Waals surface area contributed by atoms with Crippen LogP contribution in [0.5, 0.6) is 5.75 Å². The highest BCUT2D eigenvalue weighted by molar-refractivity contribution is 5.88. The summed E-state index contributed by atoms with van der Waals surface area (Å²) in [7, 11) is 3.18. The van der Waals surface area contributed by atoms with Gasteiger partial charge in [0.25, 0.3) is 0 Å². The summed E-state index contributed by atoms with van der Waals surface area (Å²) < 4.78 is 10.1. The van der Waals surface area contributed by atoms with Crippen molar-refractivity contribution in [3.8, 4) is 5.75 Å². The molecule has 6 nitrogen and oxygen atoms in total. The predicted octanol–water partition coefficient (Wildman–Crippen LogP) is 1.83. The first-order valence-electron chi connectivity index (χ1n) is 8.10. The number of carbonyl (C=O) groups excluding carboxylic acids is 2. The molecule has 0 fully saturated rings. The summed E-state index contributed by atoms with van der Waals surface area (Å²) in [6, 6.07) is 6.93. The normalized spacial score (nSPS) is 11.9. The summed E-state index contributed by atoms with van der Waals surface area (Å²) in [6.45, 7) is 6.64. The minimum Gasteiger partial charge on any atom is -0.497 e. The molecule has 1 N–H and O–H groups in total. The van der Waals surface area contributed by atoms with Gasteiger partial charge >= 0.3 is 0 Å². The van der Waals surface area contributed by atoms with Gasteiger partial charge in [0.1, 0.15) is 11.8 Å². The highest BCUT2D eigenvalue weighted by Crippen LogP contribution is 2.16. The number of methoxy groups -OCH3 is 2. The van der Waals surface area contributed by atoms with E-state index in [0.717, 1.165) is 11.3 Å². The topological polar surface area (TPSA) is 67.9 Å². The van der Waals surface area contributed by atoms with E-state index in [1.807, 2.05) is 38.1 Å². The van der Waals surface area contributed by atoms with E-state index in [-0.39, 0.29) is 17.7 Å². The SMILES string of the molecule is COCCNC(=O)[C@@H](C)N(Cc1ccc(OC)cc1)C(=O)C(C)C. The monoisotopic (exact) mass is 336 g/mol. The Balaban J connectivity index is 2.86. The minimum absolute atomic E-state index is 0.0554. The number of nitrogens with zero attached hydrogens (tertiary/aromatic N) is 1. The molecule has 0 unspecified atom stereocenters. The second-order valence-corrected chi connectivity index (χ2v) is 5.93. The molecular weight excluding hydrogens is 308 g/mol. The van der Waals surface area contributed by atoms with Crippen LogP contribution in [0.2, 0.25) is 0 Å². The second-order valence-electron chi connectivity index (χ2n) is 5.93. The molecule has 2 amide bonds. The molecule has 0 radical (unpaired) electrons. The number of ether oxygens (including phenoxy) is 2. The van der Waals surface area contributed by atoms with Crippen LogP contribution in [0.25, 0.3) is 0 Å². The van der Waals surface area contributed by atoms with Crippen LogP contribution < -0.4 is 10.1 Å². The fourth-order valence-electron chi connectivity index (χ4n) is 2.23. The van der Waals surface area contributed by atoms with E-state index in [1.54, 1.807) is 26.0 Å². The maximum Gasteiger partial charge on any atom is 0.242 e. The second kappa shape index (κ2) is 9.93. The molecule has 1 rings (SSSR count). The molecule has 1 aromatic rings. The zero-order chi connectivity index (χ0) is 18.1. The zero-order valence-corrected chi connectivity index (χ0v) is 15.2. The lowest BCUT2D eigenvalue weighted by Gasteiger charge is -2.30. The standard InChI is InChI=1S/C18H28N2O4/c1-13(2)18(22)20(14(3)17(21)19-10-11-23-4)12-15-6-8-16(24-5)9-7-15/h6-9,13-14H,10-12H2,1-5H3,(H,19,21)/t14-/m1/s1. The van der Waals surface area contributed by atoms with Crippen LogP contribution in [0.3, 0.4) is 0 Å². The molecule has 0 spiro atoms. The maximum atomic E-state index is 12.5. The van der Waals surface area contributed by atoms with Gasteiger partial charge in [-0.25, -0.2) is 0 Å². The Bertz CT molecular complexity index is 528. The Hall–Kier alpha value is -2.08. The first kappa shape index (κ1) is 20.0. The Morgan fingerprint density at radius 2 is 1.75 bits per heavy atom. The van der Waals surface area contributed by atoms with E-state index in [9.17, 15) is 9.59 Å². The summed E-state index contributed by atoms with van der Waals surface area (Å²) >= 11 is 0. The molecular formula is C18H28N2O4. The van der Waals surface area contributed by atoms with Crippen molar-refractivity contribution in [2.45, 2.75) is 33.4 Å². The summed E-state index contributed by atoms with van der Waals surface area (Å²) in [4.78, 5) is 26.4. The highest BCUT2D eigenvalue weighted by Gasteiger charge is 2.27. The molecule has 0 bridgehead atoms. The van der Waals surface area contributed by atoms with E-state index >= 15 is 0 Å². The van der Waals surface area contributed by atoms with Crippen molar-refractivity contribution in [2.24, 2.45) is 5.92 Å². The predicted molar refractivity (Wildman–Crippen MR) is 92.7 cm³/mol. The molecule has 0 aliphatic rings. The van der Waals surface area contributed by atoms with Crippen LogP contribution in [0, 0.1) is 5.92 Å². The van der Waals surface area contributed by atoms with Crippen LogP contribution in [-0.2, 0) is 20.9 Å². The molecule has 0 saturated carbocycles. The minimum atomic E-state index is -0.557. The van der Waals surface area contributed by atoms with Crippen LogP contribution in [0.1, 0.15) is 26.3 Å². The van der Waals surface area contributed by atoms with E-state index in [4.69, 9.17) is 9.47 Å². The molecule has 0 aliphatic carbocycles. The number of hydrogen-bond donors (Lipinski definition) is 1. The van der Waals surface area contributed by atoms with Gasteiger partial charge in [-0.1, -0.05) is 26.0 Å². The van der Waals surface area contributed by atoms with Gasteiger partial charge in [-0.15, -0.1) is 0 Å². The van der Waals surface area contributed by atoms with Crippen molar-refractivity contribution in [3.63, 3.8) is 0 Å². The third-order valence-electron chi connectivity index (χ3n) is 3.74. The van der Waals surface area contributed by atoms with E-state index in [1.165, 1.54) is 0 Å². The van der Waals surface area contributed by atoms with Gasteiger partial charge in [0.05, 0.1) is 13.7 Å². The van der Waals surface area contributed by atoms with E-state index in [2.05, 4.69) is 5.32 Å². The van der Waals surface area contributed by atoms with Gasteiger partial charge in [-0.05, 0) is 24.6 Å². The zero-order valence-electron chi connectivity index (χ0n) is 15.2. The Morgan fingerprint density at radius 3 is 2.25 bits per heavy atom. The van der Waals surface area contributed by atoms with Crippen LogP contribution in [0.4, 0.5) is 0 Å². The van der Waals surface area contributed by atoms with Crippen molar-refractivity contribution < 1.29 is 19.1 Å². The van der Waals surface area contributed by atoms with Crippen molar-refractivity contribution in [1.29, 1.82) is 0 Å². The number of hydrogen-bond acceptors (Lipinski definition) is 4. The van der Waals surface area contributed by atoms with Crippen molar-refractivity contribution >= 4 is 11.8 Å². The number of nitrogens with one attached hydrogen (secondary N) is 1. The first-order chi connectivity index (χ1) is 11.4. The van der Waals surface area contributed by atoms with Crippen LogP contribution in [-0.4, -0.2) is 50.1 Å². The molecule has 1 aromatic carbocycles. The van der Waals surface area contributed by atoms with Gasteiger partial charge in [-0.3, -0.25) is 9.59 Å². The smallest absolute Gasteiger partial charge is 0.242 e. The fraction of sp³-hybridized carbons (Fsp3) is 0.556. The molecule has 0 aromatic heterocycles. The van der Waals surface area contributed by atoms with Crippen molar-refractivity contribution in [2.75, 3.05) is 27.4 Å². The molecule has 0 heterocycles. The number of amides is 2. The average Bonchev–Trinajstić information content (AvgIpc) is 2.59. The Labute approximate surface area is 144 Å². The van der Waals surface area contributed by atoms with E-state index < -0.39 is 6.04 Å². The van der Waals surface area contributed by atoms with E-state index in [0.29, 0.717) is 19.7 Å². The highest BCUT2D eigenvalue weighted by atomic mass is 16.5. The molecule has 0 aliphatic heterocycles. The third kappa shape index (κ3) is 5.85. The first-order valence-corrected chi connectivity index (χ1v) is 8.10. The Morgan fingerprint density at radius 1 is 1.12 bits per heavy atom. The molecule has 134 valence electrons. The fourth-order valence-corrected chi connectivity index (χ4v) is 2.23. The summed E-state index contributed by atoms with van der Waals surface area (Å²) in [5, 5.41) is 2.78. The maximum absolute atomic E-state index is 12.5. The quantitative estimate of drug-likeness (QED) is 0.699. The summed E-state index contributed by atoms with van der Waals surface area (Å²) in [5.41, 5.74) is 0.946. The van der Waals surface area contributed by atoms with Gasteiger partial charge in [-0.2, -0.15) is 0 Å². The lowest BCUT2D eigenvalue weighted by atomic mass is 10.1. The summed E-state index contributed by atoms with van der Waals surface area (Å²) in [5.74, 6) is 0.332. The van der Waals surface area contributed by atoms with Crippen molar-refractivity contribution in [1.82, 2.24) is 10.2 Å². The van der Waals surface area contributed by atoms with Crippen molar-refractivity contribution in [3.05, 3.63) is 29.8 Å². The van der Waals surface area contributed by atoms with Gasteiger partial charge < -0.3 is 19.7 Å². The molecule has 24 heavy (non-hydrogen) atoms. The Kier molecular flexibility index (Phi) is 8.26. The number of rotatable bonds is 9. The number of carbonyl (C=O) groups is 2. The average molecular weight is 336 g/mol. The third-order valence-corrected chi connectivity index (χ3v) is 3.74. The molecule has 0 saturated heterocycles. The molecule has 6 heteroatoms. The van der Waals surface area contributed by atoms with Gasteiger partial charge in [0, 0.05) is 26.1 Å². The lowest BCUT2D eigenvalue weighted by molar-refractivity contribution is -0.143. The largest absolute Gasteiger partial charge is 0.497 e. The van der Waals surface area contributed by atoms with Gasteiger partial charge in [0.15, 0.2) is 0 Å². The molecule has 1 atom stereocenters. The van der Waals surface area contributed by atoms with Gasteiger partial charge in [0.2, 0.25) is 11.8 Å². The van der Waals surface area contributed by atoms with Crippen LogP contribution in [0.15, 0.2) is 24.3 Å². The lowest BCUT2D eigenvalue weighted by Crippen LogP contribution is -2.49. The summed E-state index contributed by atoms with van der Waals surface area (Å²) in [6.07, 6.45) is 0.